The van der Waals surface area contributed by atoms with Gasteiger partial charge in [-0.1, -0.05) is 45.4 Å². The molecule has 0 heterocycles. The van der Waals surface area contributed by atoms with Gasteiger partial charge in [0.25, 0.3) is 0 Å². The Labute approximate surface area is 95.0 Å². The van der Waals surface area contributed by atoms with Gasteiger partial charge in [-0.2, -0.15) is 0 Å². The van der Waals surface area contributed by atoms with Crippen molar-refractivity contribution in [2.45, 2.75) is 70.8 Å². The van der Waals surface area contributed by atoms with Gasteiger partial charge in [0.2, 0.25) is 0 Å². The molecule has 0 amide bonds. The Balaban J connectivity index is 1.59. The summed E-state index contributed by atoms with van der Waals surface area (Å²) in [6, 6.07) is 0.833. The van der Waals surface area contributed by atoms with E-state index in [1.807, 2.05) is 0 Å². The Morgan fingerprint density at radius 1 is 0.933 bits per heavy atom. The average molecular weight is 209 g/mol. The van der Waals surface area contributed by atoms with E-state index in [0.717, 1.165) is 17.9 Å². The van der Waals surface area contributed by atoms with E-state index >= 15 is 0 Å². The van der Waals surface area contributed by atoms with Gasteiger partial charge in [-0.25, -0.2) is 0 Å². The summed E-state index contributed by atoms with van der Waals surface area (Å²) in [7, 11) is 0. The molecule has 1 nitrogen and oxygen atoms in total. The lowest BCUT2D eigenvalue weighted by Gasteiger charge is -2.30. The summed E-state index contributed by atoms with van der Waals surface area (Å²) >= 11 is 0. The summed E-state index contributed by atoms with van der Waals surface area (Å²) in [6.45, 7) is 3.70. The van der Waals surface area contributed by atoms with Gasteiger partial charge < -0.3 is 5.32 Å². The van der Waals surface area contributed by atoms with Crippen LogP contribution < -0.4 is 5.32 Å². The van der Waals surface area contributed by atoms with E-state index in [0.29, 0.717) is 0 Å². The minimum Gasteiger partial charge on any atom is -0.314 e. The zero-order valence-electron chi connectivity index (χ0n) is 10.3. The molecule has 2 fully saturated rings. The van der Waals surface area contributed by atoms with Crippen molar-refractivity contribution in [3.8, 4) is 0 Å². The molecule has 15 heavy (non-hydrogen) atoms. The van der Waals surface area contributed by atoms with Crippen LogP contribution in [0.3, 0.4) is 0 Å². The summed E-state index contributed by atoms with van der Waals surface area (Å²) in [4.78, 5) is 0. The molecule has 0 aromatic carbocycles. The number of rotatable bonds is 4. The molecule has 2 saturated carbocycles. The molecule has 0 bridgehead atoms. The van der Waals surface area contributed by atoms with Crippen molar-refractivity contribution >= 4 is 0 Å². The van der Waals surface area contributed by atoms with Gasteiger partial charge in [0.1, 0.15) is 0 Å². The highest BCUT2D eigenvalue weighted by atomic mass is 14.9. The fourth-order valence-corrected chi connectivity index (χ4v) is 3.39. The summed E-state index contributed by atoms with van der Waals surface area (Å²) in [5.74, 6) is 1.97. The summed E-state index contributed by atoms with van der Waals surface area (Å²) in [5, 5.41) is 3.80. The predicted molar refractivity (Wildman–Crippen MR) is 66.0 cm³/mol. The van der Waals surface area contributed by atoms with E-state index in [2.05, 4.69) is 12.2 Å². The van der Waals surface area contributed by atoms with Gasteiger partial charge in [-0.05, 0) is 37.6 Å². The first-order valence-corrected chi connectivity index (χ1v) is 7.09. The van der Waals surface area contributed by atoms with Crippen molar-refractivity contribution in [1.29, 1.82) is 0 Å². The Morgan fingerprint density at radius 2 is 1.60 bits per heavy atom. The molecule has 2 aliphatic rings. The van der Waals surface area contributed by atoms with Crippen LogP contribution in [0.25, 0.3) is 0 Å². The summed E-state index contributed by atoms with van der Waals surface area (Å²) in [6.07, 6.45) is 13.2. The van der Waals surface area contributed by atoms with Crippen molar-refractivity contribution in [3.63, 3.8) is 0 Å². The monoisotopic (exact) mass is 209 g/mol. The third-order valence-electron chi connectivity index (χ3n) is 4.55. The molecule has 2 rings (SSSR count). The Hall–Kier alpha value is -0.0400. The smallest absolute Gasteiger partial charge is 0.00926 e. The average Bonchev–Trinajstić information content (AvgIpc) is 2.74. The molecular formula is C14H27N. The van der Waals surface area contributed by atoms with Crippen molar-refractivity contribution in [2.24, 2.45) is 11.8 Å². The second-order valence-electron chi connectivity index (χ2n) is 5.76. The lowest BCUT2D eigenvalue weighted by atomic mass is 9.86. The lowest BCUT2D eigenvalue weighted by Crippen LogP contribution is -2.38. The summed E-state index contributed by atoms with van der Waals surface area (Å²) < 4.78 is 0. The predicted octanol–water partition coefficient (Wildman–Crippen LogP) is 3.74. The number of hydrogen-bond donors (Lipinski definition) is 1. The first-order chi connectivity index (χ1) is 7.36. The van der Waals surface area contributed by atoms with Crippen LogP contribution in [0.2, 0.25) is 0 Å². The van der Waals surface area contributed by atoms with E-state index in [1.165, 1.54) is 64.3 Å². The van der Waals surface area contributed by atoms with Crippen LogP contribution in [0.1, 0.15) is 64.7 Å². The van der Waals surface area contributed by atoms with Crippen LogP contribution in [0.15, 0.2) is 0 Å². The van der Waals surface area contributed by atoms with E-state index in [1.54, 1.807) is 0 Å². The van der Waals surface area contributed by atoms with E-state index in [4.69, 9.17) is 0 Å². The van der Waals surface area contributed by atoms with Crippen LogP contribution in [-0.2, 0) is 0 Å². The van der Waals surface area contributed by atoms with Crippen LogP contribution in [0.4, 0.5) is 0 Å². The van der Waals surface area contributed by atoms with Gasteiger partial charge in [0.15, 0.2) is 0 Å². The highest BCUT2D eigenvalue weighted by Gasteiger charge is 2.21. The maximum absolute atomic E-state index is 3.80. The zero-order valence-corrected chi connectivity index (χ0v) is 10.3. The molecule has 2 atom stereocenters. The van der Waals surface area contributed by atoms with Crippen molar-refractivity contribution in [1.82, 2.24) is 5.32 Å². The SMILES string of the molecule is CC1CCCCC1NCCC1CCCC1. The maximum atomic E-state index is 3.80. The second kappa shape index (κ2) is 5.89. The van der Waals surface area contributed by atoms with Crippen LogP contribution in [0, 0.1) is 11.8 Å². The highest BCUT2D eigenvalue weighted by Crippen LogP contribution is 2.28. The molecule has 0 aromatic heterocycles. The van der Waals surface area contributed by atoms with E-state index in [9.17, 15) is 0 Å². The fourth-order valence-electron chi connectivity index (χ4n) is 3.39. The molecule has 0 aromatic rings. The molecule has 0 spiro atoms. The van der Waals surface area contributed by atoms with Gasteiger partial charge in [0, 0.05) is 6.04 Å². The molecular weight excluding hydrogens is 182 g/mol. The molecule has 0 saturated heterocycles. The van der Waals surface area contributed by atoms with Gasteiger partial charge >= 0.3 is 0 Å². The van der Waals surface area contributed by atoms with E-state index in [-0.39, 0.29) is 0 Å². The Morgan fingerprint density at radius 3 is 2.33 bits per heavy atom. The standard InChI is InChI=1S/C14H27N/c1-12-6-2-5-9-14(12)15-11-10-13-7-3-4-8-13/h12-15H,2-11H2,1H3. The molecule has 1 N–H and O–H groups in total. The van der Waals surface area contributed by atoms with Crippen molar-refractivity contribution in [2.75, 3.05) is 6.54 Å². The molecule has 0 aliphatic heterocycles. The highest BCUT2D eigenvalue weighted by molar-refractivity contribution is 4.78. The van der Waals surface area contributed by atoms with Gasteiger partial charge in [-0.15, -0.1) is 0 Å². The summed E-state index contributed by atoms with van der Waals surface area (Å²) in [5.41, 5.74) is 0. The minimum absolute atomic E-state index is 0.833. The van der Waals surface area contributed by atoms with Crippen LogP contribution in [0.5, 0.6) is 0 Å². The molecule has 2 aliphatic carbocycles. The second-order valence-corrected chi connectivity index (χ2v) is 5.76. The number of nitrogens with one attached hydrogen (secondary N) is 1. The zero-order chi connectivity index (χ0) is 10.5. The number of hydrogen-bond acceptors (Lipinski definition) is 1. The van der Waals surface area contributed by atoms with Gasteiger partial charge in [0.05, 0.1) is 0 Å². The van der Waals surface area contributed by atoms with E-state index < -0.39 is 0 Å². The molecule has 0 radical (unpaired) electrons. The van der Waals surface area contributed by atoms with Crippen LogP contribution in [-0.4, -0.2) is 12.6 Å². The molecule has 88 valence electrons. The quantitative estimate of drug-likeness (QED) is 0.744. The van der Waals surface area contributed by atoms with Crippen molar-refractivity contribution in [3.05, 3.63) is 0 Å². The third kappa shape index (κ3) is 3.48. The first kappa shape index (κ1) is 11.4. The largest absolute Gasteiger partial charge is 0.314 e. The minimum atomic E-state index is 0.833. The third-order valence-corrected chi connectivity index (χ3v) is 4.55. The Kier molecular flexibility index (Phi) is 4.49. The lowest BCUT2D eigenvalue weighted by molar-refractivity contribution is 0.275. The first-order valence-electron chi connectivity index (χ1n) is 7.09. The molecule has 2 unspecified atom stereocenters. The molecule has 1 heteroatoms. The normalized spacial score (nSPS) is 33.4. The topological polar surface area (TPSA) is 12.0 Å². The van der Waals surface area contributed by atoms with Crippen LogP contribution >= 0.6 is 0 Å². The maximum Gasteiger partial charge on any atom is 0.00926 e. The van der Waals surface area contributed by atoms with Crippen molar-refractivity contribution < 1.29 is 0 Å². The fraction of sp³-hybridized carbons (Fsp3) is 1.00. The van der Waals surface area contributed by atoms with Gasteiger partial charge in [-0.3, -0.25) is 0 Å². The Bertz CT molecular complexity index is 172.